The van der Waals surface area contributed by atoms with Gasteiger partial charge in [0.05, 0.1) is 12.2 Å². The van der Waals surface area contributed by atoms with Crippen LogP contribution in [-0.4, -0.2) is 31.8 Å². The molecule has 0 amide bonds. The van der Waals surface area contributed by atoms with Crippen molar-refractivity contribution in [2.75, 3.05) is 0 Å². The molecule has 0 aliphatic carbocycles. The van der Waals surface area contributed by atoms with Gasteiger partial charge >= 0.3 is 0 Å². The van der Waals surface area contributed by atoms with E-state index in [0.717, 1.165) is 0 Å². The SMILES string of the molecule is CC(O)C(Cl)SSC(Cl)C(C)O. The summed E-state index contributed by atoms with van der Waals surface area (Å²) >= 11 is 11.4. The van der Waals surface area contributed by atoms with E-state index in [4.69, 9.17) is 33.4 Å². The van der Waals surface area contributed by atoms with Gasteiger partial charge in [0.2, 0.25) is 0 Å². The monoisotopic (exact) mass is 250 g/mol. The van der Waals surface area contributed by atoms with Crippen molar-refractivity contribution in [3.8, 4) is 0 Å². The highest BCUT2D eigenvalue weighted by Gasteiger charge is 2.17. The fourth-order valence-electron chi connectivity index (χ4n) is 0.267. The lowest BCUT2D eigenvalue weighted by atomic mass is 10.5. The molecular formula is C6H12Cl2O2S2. The predicted molar refractivity (Wildman–Crippen MR) is 57.8 cm³/mol. The van der Waals surface area contributed by atoms with Gasteiger partial charge in [-0.05, 0) is 13.8 Å². The fourth-order valence-corrected chi connectivity index (χ4v) is 3.16. The van der Waals surface area contributed by atoms with Crippen LogP contribution in [0.5, 0.6) is 0 Å². The van der Waals surface area contributed by atoms with E-state index in [1.807, 2.05) is 0 Å². The average Bonchev–Trinajstić information content (AvgIpc) is 1.98. The van der Waals surface area contributed by atoms with E-state index in [2.05, 4.69) is 0 Å². The molecule has 0 saturated carbocycles. The Morgan fingerprint density at radius 2 is 1.17 bits per heavy atom. The van der Waals surface area contributed by atoms with Crippen molar-refractivity contribution in [2.45, 2.75) is 35.5 Å². The van der Waals surface area contributed by atoms with E-state index >= 15 is 0 Å². The molecule has 2 nitrogen and oxygen atoms in total. The third-order valence-electron chi connectivity index (χ3n) is 0.998. The minimum atomic E-state index is -0.581. The van der Waals surface area contributed by atoms with Crippen molar-refractivity contribution in [1.29, 1.82) is 0 Å². The van der Waals surface area contributed by atoms with E-state index in [0.29, 0.717) is 0 Å². The van der Waals surface area contributed by atoms with E-state index in [-0.39, 0.29) is 0 Å². The maximum absolute atomic E-state index is 9.00. The Hall–Kier alpha value is 1.20. The molecule has 6 heteroatoms. The number of hydrogen-bond donors (Lipinski definition) is 2. The Balaban J connectivity index is 3.54. The topological polar surface area (TPSA) is 40.5 Å². The summed E-state index contributed by atoms with van der Waals surface area (Å²) in [5, 5.41) is 18.0. The van der Waals surface area contributed by atoms with E-state index in [1.165, 1.54) is 21.6 Å². The molecule has 0 aliphatic heterocycles. The molecule has 0 aliphatic rings. The van der Waals surface area contributed by atoms with Crippen LogP contribution in [-0.2, 0) is 0 Å². The van der Waals surface area contributed by atoms with Gasteiger partial charge in [-0.2, -0.15) is 0 Å². The van der Waals surface area contributed by atoms with Gasteiger partial charge in [-0.25, -0.2) is 0 Å². The molecule has 0 radical (unpaired) electrons. The van der Waals surface area contributed by atoms with Gasteiger partial charge in [-0.15, -0.1) is 23.2 Å². The number of rotatable bonds is 5. The molecule has 12 heavy (non-hydrogen) atoms. The maximum atomic E-state index is 9.00. The highest BCUT2D eigenvalue weighted by atomic mass is 35.5. The van der Waals surface area contributed by atoms with Crippen molar-refractivity contribution in [1.82, 2.24) is 0 Å². The van der Waals surface area contributed by atoms with Crippen LogP contribution in [0, 0.1) is 0 Å². The lowest BCUT2D eigenvalue weighted by molar-refractivity contribution is 0.210. The first-order valence-corrected chi connectivity index (χ1v) is 6.56. The second kappa shape index (κ2) is 6.62. The van der Waals surface area contributed by atoms with Crippen LogP contribution < -0.4 is 0 Å². The van der Waals surface area contributed by atoms with E-state index < -0.39 is 21.6 Å². The third-order valence-corrected chi connectivity index (χ3v) is 5.74. The number of aliphatic hydroxyl groups excluding tert-OH is 2. The zero-order valence-electron chi connectivity index (χ0n) is 6.78. The standard InChI is InChI=1S/C6H12Cl2O2S2/c1-3(9)5(7)11-12-6(8)4(2)10/h3-6,9-10H,1-2H3. The Morgan fingerprint density at radius 3 is 1.33 bits per heavy atom. The number of aliphatic hydroxyl groups is 2. The van der Waals surface area contributed by atoms with Crippen LogP contribution in [0.2, 0.25) is 0 Å². The predicted octanol–water partition coefficient (Wildman–Crippen LogP) is 2.26. The molecular weight excluding hydrogens is 239 g/mol. The molecule has 2 N–H and O–H groups in total. The highest BCUT2D eigenvalue weighted by molar-refractivity contribution is 8.77. The lowest BCUT2D eigenvalue weighted by Crippen LogP contribution is -2.15. The van der Waals surface area contributed by atoms with Gasteiger partial charge in [0, 0.05) is 0 Å². The Morgan fingerprint density at radius 1 is 0.917 bits per heavy atom. The minimum absolute atomic E-state index is 0.394. The Kier molecular flexibility index (Phi) is 7.29. The summed E-state index contributed by atoms with van der Waals surface area (Å²) in [6.45, 7) is 3.22. The molecule has 4 unspecified atom stereocenters. The second-order valence-electron chi connectivity index (χ2n) is 2.38. The molecule has 0 spiro atoms. The van der Waals surface area contributed by atoms with Gasteiger partial charge in [0.1, 0.15) is 9.42 Å². The first-order chi connectivity index (χ1) is 5.45. The summed E-state index contributed by atoms with van der Waals surface area (Å²) in [5.41, 5.74) is 0. The highest BCUT2D eigenvalue weighted by Crippen LogP contribution is 2.37. The summed E-state index contributed by atoms with van der Waals surface area (Å²) < 4.78 is -0.787. The first-order valence-electron chi connectivity index (χ1n) is 3.41. The van der Waals surface area contributed by atoms with Crippen LogP contribution in [0.3, 0.4) is 0 Å². The Bertz CT molecular complexity index is 110. The Labute approximate surface area is 90.4 Å². The summed E-state index contributed by atoms with van der Waals surface area (Å²) in [6, 6.07) is 0. The van der Waals surface area contributed by atoms with Gasteiger partial charge in [0.15, 0.2) is 0 Å². The van der Waals surface area contributed by atoms with Crippen molar-refractivity contribution in [3.05, 3.63) is 0 Å². The summed E-state index contributed by atoms with van der Waals surface area (Å²) in [4.78, 5) is 0. The zero-order valence-corrected chi connectivity index (χ0v) is 9.92. The van der Waals surface area contributed by atoms with Gasteiger partial charge in [-0.1, -0.05) is 21.6 Å². The molecule has 0 rings (SSSR count). The number of hydrogen-bond acceptors (Lipinski definition) is 4. The minimum Gasteiger partial charge on any atom is -0.391 e. The largest absolute Gasteiger partial charge is 0.391 e. The smallest absolute Gasteiger partial charge is 0.115 e. The van der Waals surface area contributed by atoms with Gasteiger partial charge in [-0.3, -0.25) is 0 Å². The molecule has 74 valence electrons. The summed E-state index contributed by atoms with van der Waals surface area (Å²) in [5.74, 6) is 0. The molecule has 0 heterocycles. The molecule has 0 aromatic rings. The molecule has 0 aromatic carbocycles. The molecule has 0 bridgehead atoms. The average molecular weight is 251 g/mol. The summed E-state index contributed by atoms with van der Waals surface area (Å²) in [6.07, 6.45) is -1.16. The van der Waals surface area contributed by atoms with Crippen LogP contribution in [0.4, 0.5) is 0 Å². The van der Waals surface area contributed by atoms with E-state index in [1.54, 1.807) is 13.8 Å². The fraction of sp³-hybridized carbons (Fsp3) is 1.00. The van der Waals surface area contributed by atoms with Crippen molar-refractivity contribution in [3.63, 3.8) is 0 Å². The van der Waals surface area contributed by atoms with Crippen molar-refractivity contribution < 1.29 is 10.2 Å². The van der Waals surface area contributed by atoms with Crippen LogP contribution in [0.25, 0.3) is 0 Å². The maximum Gasteiger partial charge on any atom is 0.115 e. The lowest BCUT2D eigenvalue weighted by Gasteiger charge is -2.15. The van der Waals surface area contributed by atoms with Gasteiger partial charge < -0.3 is 10.2 Å². The second-order valence-corrected chi connectivity index (χ2v) is 6.39. The normalized spacial score (nSPS) is 21.5. The first kappa shape index (κ1) is 13.2. The molecule has 0 saturated heterocycles. The van der Waals surface area contributed by atoms with Crippen LogP contribution in [0.1, 0.15) is 13.8 Å². The van der Waals surface area contributed by atoms with Crippen LogP contribution in [0.15, 0.2) is 0 Å². The van der Waals surface area contributed by atoms with Crippen molar-refractivity contribution >= 4 is 44.8 Å². The van der Waals surface area contributed by atoms with Gasteiger partial charge in [0.25, 0.3) is 0 Å². The molecule has 0 fully saturated rings. The van der Waals surface area contributed by atoms with E-state index in [9.17, 15) is 0 Å². The molecule has 4 atom stereocenters. The van der Waals surface area contributed by atoms with Crippen LogP contribution >= 0.6 is 44.8 Å². The van der Waals surface area contributed by atoms with Crippen molar-refractivity contribution in [2.24, 2.45) is 0 Å². The quantitative estimate of drug-likeness (QED) is 0.581. The number of alkyl halides is 2. The number of halogens is 2. The zero-order chi connectivity index (χ0) is 9.72. The summed E-state index contributed by atoms with van der Waals surface area (Å²) in [7, 11) is 2.52. The molecule has 0 aromatic heterocycles. The third kappa shape index (κ3) is 5.78.